The van der Waals surface area contributed by atoms with Crippen LogP contribution < -0.4 is 10.6 Å². The van der Waals surface area contributed by atoms with E-state index in [1.165, 1.54) is 4.90 Å². The number of halogens is 2. The Labute approximate surface area is 184 Å². The van der Waals surface area contributed by atoms with Crippen LogP contribution in [0.4, 0.5) is 0 Å². The molecule has 0 spiro atoms. The van der Waals surface area contributed by atoms with E-state index in [1.54, 1.807) is 0 Å². The first-order valence-electron chi connectivity index (χ1n) is 8.84. The molecule has 0 aliphatic carbocycles. The number of benzene rings is 1. The van der Waals surface area contributed by atoms with Gasteiger partial charge in [-0.2, -0.15) is 0 Å². The molecule has 8 heteroatoms. The number of aliphatic imine (C=N–C) groups is 1. The van der Waals surface area contributed by atoms with E-state index in [0.717, 1.165) is 56.0 Å². The number of guanidine groups is 1. The molecular weight excluding hydrogens is 481 g/mol. The minimum atomic E-state index is 0. The van der Waals surface area contributed by atoms with Crippen LogP contribution in [0.3, 0.4) is 0 Å². The number of rotatable bonds is 7. The Balaban J connectivity index is 0.00000338. The Kier molecular flexibility index (Phi) is 11.9. The van der Waals surface area contributed by atoms with Gasteiger partial charge in [0.2, 0.25) is 0 Å². The molecule has 1 aromatic carbocycles. The van der Waals surface area contributed by atoms with Gasteiger partial charge >= 0.3 is 0 Å². The second-order valence-corrected chi connectivity index (χ2v) is 7.98. The molecule has 1 atom stereocenters. The van der Waals surface area contributed by atoms with Gasteiger partial charge < -0.3 is 15.5 Å². The third-order valence-corrected chi connectivity index (χ3v) is 5.69. The zero-order chi connectivity index (χ0) is 18.1. The number of hydrogen-bond acceptors (Lipinski definition) is 4. The fraction of sp³-hybridized carbons (Fsp3) is 0.611. The van der Waals surface area contributed by atoms with Gasteiger partial charge in [0, 0.05) is 68.0 Å². The standard InChI is InChI=1S/C18H30ClN5S.HI/c1-15(24-11-9-23(3)10-12-24)14-22-18(20-2)21-8-13-25-17-6-4-16(19)5-7-17;/h4-7,15H,8-14H2,1-3H3,(H2,20,21,22);1H. The number of nitrogens with one attached hydrogen (secondary N) is 2. The molecule has 0 radical (unpaired) electrons. The molecule has 1 aromatic rings. The van der Waals surface area contributed by atoms with E-state index >= 15 is 0 Å². The summed E-state index contributed by atoms with van der Waals surface area (Å²) in [5.74, 6) is 1.86. The van der Waals surface area contributed by atoms with Crippen LogP contribution in [-0.4, -0.2) is 80.9 Å². The quantitative estimate of drug-likeness (QED) is 0.194. The number of likely N-dealkylation sites (N-methyl/N-ethyl adjacent to an activating group) is 1. The predicted molar refractivity (Wildman–Crippen MR) is 125 cm³/mol. The summed E-state index contributed by atoms with van der Waals surface area (Å²) in [5.41, 5.74) is 0. The van der Waals surface area contributed by atoms with Crippen molar-refractivity contribution in [2.75, 3.05) is 59.1 Å². The summed E-state index contributed by atoms with van der Waals surface area (Å²) in [5, 5.41) is 7.60. The summed E-state index contributed by atoms with van der Waals surface area (Å²) in [6.45, 7) is 8.65. The lowest BCUT2D eigenvalue weighted by molar-refractivity contribution is 0.120. The Morgan fingerprint density at radius 1 is 1.19 bits per heavy atom. The summed E-state index contributed by atoms with van der Waals surface area (Å²) in [4.78, 5) is 10.5. The Bertz CT molecular complexity index is 535. The number of hydrogen-bond donors (Lipinski definition) is 2. The first kappa shape index (κ1) is 23.8. The van der Waals surface area contributed by atoms with E-state index < -0.39 is 0 Å². The zero-order valence-corrected chi connectivity index (χ0v) is 19.8. The van der Waals surface area contributed by atoms with E-state index in [0.29, 0.717) is 6.04 Å². The molecule has 0 amide bonds. The molecule has 2 rings (SSSR count). The van der Waals surface area contributed by atoms with Gasteiger partial charge in [-0.15, -0.1) is 35.7 Å². The average Bonchev–Trinajstić information content (AvgIpc) is 2.63. The van der Waals surface area contributed by atoms with E-state index in [2.05, 4.69) is 51.5 Å². The van der Waals surface area contributed by atoms with Crippen LogP contribution in [0.1, 0.15) is 6.92 Å². The molecule has 1 aliphatic heterocycles. The highest BCUT2D eigenvalue weighted by molar-refractivity contribution is 14.0. The van der Waals surface area contributed by atoms with Crippen LogP contribution in [0.15, 0.2) is 34.2 Å². The zero-order valence-electron chi connectivity index (χ0n) is 15.9. The van der Waals surface area contributed by atoms with Gasteiger partial charge in [0.25, 0.3) is 0 Å². The van der Waals surface area contributed by atoms with Gasteiger partial charge in [0.15, 0.2) is 5.96 Å². The third kappa shape index (κ3) is 8.65. The lowest BCUT2D eigenvalue weighted by Crippen LogP contribution is -2.52. The van der Waals surface area contributed by atoms with Crippen molar-refractivity contribution in [3.63, 3.8) is 0 Å². The van der Waals surface area contributed by atoms with Crippen molar-refractivity contribution in [3.05, 3.63) is 29.3 Å². The lowest BCUT2D eigenvalue weighted by atomic mass is 10.2. The summed E-state index contributed by atoms with van der Waals surface area (Å²) in [6, 6.07) is 8.47. The highest BCUT2D eigenvalue weighted by Crippen LogP contribution is 2.19. The SMILES string of the molecule is CN=C(NCCSc1ccc(Cl)cc1)NCC(C)N1CCN(C)CC1.I. The normalized spacial score (nSPS) is 17.5. The van der Waals surface area contributed by atoms with Crippen molar-refractivity contribution in [2.24, 2.45) is 4.99 Å². The van der Waals surface area contributed by atoms with Crippen LogP contribution in [0.25, 0.3) is 0 Å². The molecule has 2 N–H and O–H groups in total. The maximum absolute atomic E-state index is 5.91. The maximum atomic E-state index is 5.91. The molecule has 1 fully saturated rings. The molecule has 148 valence electrons. The number of nitrogens with zero attached hydrogens (tertiary/aromatic N) is 3. The molecule has 5 nitrogen and oxygen atoms in total. The highest BCUT2D eigenvalue weighted by Gasteiger charge is 2.18. The molecule has 0 saturated carbocycles. The van der Waals surface area contributed by atoms with Gasteiger partial charge in [0.05, 0.1) is 0 Å². The van der Waals surface area contributed by atoms with Gasteiger partial charge in [0.1, 0.15) is 0 Å². The van der Waals surface area contributed by atoms with Crippen molar-refractivity contribution in [2.45, 2.75) is 17.9 Å². The Morgan fingerprint density at radius 2 is 1.85 bits per heavy atom. The van der Waals surface area contributed by atoms with Crippen LogP contribution in [0.2, 0.25) is 5.02 Å². The molecule has 1 unspecified atom stereocenters. The second kappa shape index (κ2) is 13.0. The third-order valence-electron chi connectivity index (χ3n) is 4.43. The first-order valence-corrected chi connectivity index (χ1v) is 10.2. The van der Waals surface area contributed by atoms with Crippen molar-refractivity contribution >= 4 is 53.3 Å². The van der Waals surface area contributed by atoms with Gasteiger partial charge in [-0.05, 0) is 38.2 Å². The Morgan fingerprint density at radius 3 is 2.46 bits per heavy atom. The summed E-state index contributed by atoms with van der Waals surface area (Å²) >= 11 is 7.72. The van der Waals surface area contributed by atoms with Crippen molar-refractivity contribution in [1.29, 1.82) is 0 Å². The van der Waals surface area contributed by atoms with Gasteiger partial charge in [-0.1, -0.05) is 11.6 Å². The maximum Gasteiger partial charge on any atom is 0.191 e. The Hall–Kier alpha value is -0.220. The van der Waals surface area contributed by atoms with Crippen LogP contribution in [0, 0.1) is 0 Å². The molecule has 0 bridgehead atoms. The minimum absolute atomic E-state index is 0. The average molecular weight is 512 g/mol. The van der Waals surface area contributed by atoms with Crippen molar-refractivity contribution in [3.8, 4) is 0 Å². The molecule has 1 heterocycles. The predicted octanol–water partition coefficient (Wildman–Crippen LogP) is 2.85. The van der Waals surface area contributed by atoms with Gasteiger partial charge in [-0.3, -0.25) is 9.89 Å². The summed E-state index contributed by atoms with van der Waals surface area (Å²) in [7, 11) is 4.01. The van der Waals surface area contributed by atoms with Gasteiger partial charge in [-0.25, -0.2) is 0 Å². The topological polar surface area (TPSA) is 42.9 Å². The molecule has 1 saturated heterocycles. The first-order chi connectivity index (χ1) is 12.1. The van der Waals surface area contributed by atoms with Crippen LogP contribution in [-0.2, 0) is 0 Å². The van der Waals surface area contributed by atoms with E-state index in [-0.39, 0.29) is 24.0 Å². The highest BCUT2D eigenvalue weighted by atomic mass is 127. The van der Waals surface area contributed by atoms with Crippen LogP contribution >= 0.6 is 47.3 Å². The summed E-state index contributed by atoms with van der Waals surface area (Å²) in [6.07, 6.45) is 0. The smallest absolute Gasteiger partial charge is 0.191 e. The molecule has 1 aliphatic rings. The largest absolute Gasteiger partial charge is 0.356 e. The minimum Gasteiger partial charge on any atom is -0.356 e. The molecule has 0 aromatic heterocycles. The van der Waals surface area contributed by atoms with Crippen molar-refractivity contribution < 1.29 is 0 Å². The van der Waals surface area contributed by atoms with E-state index in [1.807, 2.05) is 30.9 Å². The van der Waals surface area contributed by atoms with E-state index in [9.17, 15) is 0 Å². The van der Waals surface area contributed by atoms with Crippen LogP contribution in [0.5, 0.6) is 0 Å². The summed E-state index contributed by atoms with van der Waals surface area (Å²) < 4.78 is 0. The number of piperazine rings is 1. The fourth-order valence-corrected chi connectivity index (χ4v) is 3.62. The monoisotopic (exact) mass is 511 g/mol. The lowest BCUT2D eigenvalue weighted by Gasteiger charge is -2.36. The molecular formula is C18H31ClIN5S. The second-order valence-electron chi connectivity index (χ2n) is 6.37. The van der Waals surface area contributed by atoms with E-state index in [4.69, 9.17) is 11.6 Å². The fourth-order valence-electron chi connectivity index (χ4n) is 2.73. The number of thioether (sulfide) groups is 1. The van der Waals surface area contributed by atoms with Crippen molar-refractivity contribution in [1.82, 2.24) is 20.4 Å². The molecule has 26 heavy (non-hydrogen) atoms.